The molecule has 6 rings (SSSR count). The van der Waals surface area contributed by atoms with Gasteiger partial charge in [0.25, 0.3) is 5.91 Å². The highest BCUT2D eigenvalue weighted by Crippen LogP contribution is 2.58. The SMILES string of the molecule is CCNc1cc2c(cc1C)C1(c3cc(C)c(NCC)cc3O2)c2ccccc2C(=O)N1CCN=Cc1cccc(C(C)(C)C)c1O.CO. The van der Waals surface area contributed by atoms with Crippen LogP contribution in [0.5, 0.6) is 17.2 Å². The van der Waals surface area contributed by atoms with E-state index in [2.05, 4.69) is 89.4 Å². The zero-order valence-corrected chi connectivity index (χ0v) is 29.4. The summed E-state index contributed by atoms with van der Waals surface area (Å²) in [6.45, 7) is 16.9. The Morgan fingerprint density at radius 1 is 0.854 bits per heavy atom. The van der Waals surface area contributed by atoms with Crippen LogP contribution in [0.3, 0.4) is 0 Å². The Labute approximate surface area is 284 Å². The predicted molar refractivity (Wildman–Crippen MR) is 196 cm³/mol. The molecule has 2 heterocycles. The molecule has 252 valence electrons. The first-order chi connectivity index (χ1) is 23.0. The third-order valence-electron chi connectivity index (χ3n) is 9.14. The van der Waals surface area contributed by atoms with Gasteiger partial charge < -0.3 is 30.5 Å². The van der Waals surface area contributed by atoms with E-state index in [1.54, 1.807) is 6.21 Å². The molecule has 2 aliphatic rings. The van der Waals surface area contributed by atoms with Crippen LogP contribution in [0.15, 0.2) is 71.7 Å². The minimum absolute atomic E-state index is 0.0380. The van der Waals surface area contributed by atoms with E-state index in [1.165, 1.54) is 0 Å². The normalized spacial score (nSPS) is 14.2. The number of phenolic OH excluding ortho intramolecular Hbond substituents is 1. The fourth-order valence-electron chi connectivity index (χ4n) is 7.01. The number of aliphatic imine (C=N–C) groups is 1. The van der Waals surface area contributed by atoms with Crippen molar-refractivity contribution >= 4 is 23.5 Å². The van der Waals surface area contributed by atoms with Crippen LogP contribution in [0.4, 0.5) is 11.4 Å². The van der Waals surface area contributed by atoms with Crippen LogP contribution in [-0.2, 0) is 11.0 Å². The van der Waals surface area contributed by atoms with Crippen molar-refractivity contribution in [3.8, 4) is 17.2 Å². The molecule has 0 saturated heterocycles. The number of benzene rings is 4. The molecule has 48 heavy (non-hydrogen) atoms. The third kappa shape index (κ3) is 5.79. The van der Waals surface area contributed by atoms with Crippen LogP contribution in [0.1, 0.15) is 83.9 Å². The second kappa shape index (κ2) is 13.7. The Balaban J connectivity index is 0.00000221. The summed E-state index contributed by atoms with van der Waals surface area (Å²) < 4.78 is 6.71. The van der Waals surface area contributed by atoms with E-state index in [9.17, 15) is 9.90 Å². The number of amides is 1. The van der Waals surface area contributed by atoms with Crippen LogP contribution < -0.4 is 15.4 Å². The lowest BCUT2D eigenvalue weighted by molar-refractivity contribution is 0.0673. The molecular weight excluding hydrogens is 600 g/mol. The van der Waals surface area contributed by atoms with Crippen LogP contribution in [0.2, 0.25) is 0 Å². The van der Waals surface area contributed by atoms with E-state index in [0.29, 0.717) is 24.2 Å². The van der Waals surface area contributed by atoms with Gasteiger partial charge in [0.1, 0.15) is 22.8 Å². The van der Waals surface area contributed by atoms with Crippen molar-refractivity contribution in [1.29, 1.82) is 0 Å². The minimum atomic E-state index is -0.911. The van der Waals surface area contributed by atoms with Gasteiger partial charge in [0.2, 0.25) is 0 Å². The Morgan fingerprint density at radius 2 is 1.44 bits per heavy atom. The number of hydrogen-bond acceptors (Lipinski definition) is 7. The second-order valence-electron chi connectivity index (χ2n) is 13.2. The Kier molecular flexibility index (Phi) is 9.87. The number of anilines is 2. The largest absolute Gasteiger partial charge is 0.507 e. The summed E-state index contributed by atoms with van der Waals surface area (Å²) in [6, 6.07) is 22.2. The lowest BCUT2D eigenvalue weighted by Gasteiger charge is -2.44. The number of aromatic hydroxyl groups is 1. The van der Waals surface area contributed by atoms with E-state index in [-0.39, 0.29) is 17.1 Å². The number of phenols is 1. The topological polar surface area (TPSA) is 106 Å². The van der Waals surface area contributed by atoms with Crippen molar-refractivity contribution in [1.82, 2.24) is 4.90 Å². The average Bonchev–Trinajstić information content (AvgIpc) is 3.30. The highest BCUT2D eigenvalue weighted by atomic mass is 16.5. The lowest BCUT2D eigenvalue weighted by Crippen LogP contribution is -2.48. The number of carbonyl (C=O) groups is 1. The van der Waals surface area contributed by atoms with Crippen molar-refractivity contribution in [2.24, 2.45) is 4.99 Å². The maximum Gasteiger partial charge on any atom is 0.255 e. The van der Waals surface area contributed by atoms with Crippen molar-refractivity contribution < 1.29 is 19.7 Å². The van der Waals surface area contributed by atoms with Gasteiger partial charge in [-0.15, -0.1) is 0 Å². The maximum atomic E-state index is 14.4. The zero-order chi connectivity index (χ0) is 34.8. The molecule has 0 radical (unpaired) electrons. The van der Waals surface area contributed by atoms with Crippen molar-refractivity contribution in [3.63, 3.8) is 0 Å². The van der Waals surface area contributed by atoms with Gasteiger partial charge in [-0.25, -0.2) is 0 Å². The van der Waals surface area contributed by atoms with Gasteiger partial charge in [0.05, 0.1) is 6.54 Å². The van der Waals surface area contributed by atoms with Crippen molar-refractivity contribution in [2.45, 2.75) is 59.4 Å². The third-order valence-corrected chi connectivity index (χ3v) is 9.14. The van der Waals surface area contributed by atoms with Gasteiger partial charge in [-0.05, 0) is 79.6 Å². The van der Waals surface area contributed by atoms with Gasteiger partial charge in [-0.2, -0.15) is 0 Å². The molecule has 0 bridgehead atoms. The number of hydrogen-bond donors (Lipinski definition) is 4. The Bertz CT molecular complexity index is 1800. The summed E-state index contributed by atoms with van der Waals surface area (Å²) in [4.78, 5) is 21.2. The van der Waals surface area contributed by atoms with E-state index in [4.69, 9.17) is 14.8 Å². The van der Waals surface area contributed by atoms with Crippen LogP contribution in [0.25, 0.3) is 0 Å². The van der Waals surface area contributed by atoms with Gasteiger partial charge >= 0.3 is 0 Å². The van der Waals surface area contributed by atoms with E-state index in [0.717, 1.165) is 76.5 Å². The number of nitrogens with one attached hydrogen (secondary N) is 2. The molecule has 0 aliphatic carbocycles. The summed E-state index contributed by atoms with van der Waals surface area (Å²) in [7, 11) is 1.00. The van der Waals surface area contributed by atoms with E-state index in [1.807, 2.05) is 41.3 Å². The van der Waals surface area contributed by atoms with Crippen molar-refractivity contribution in [2.75, 3.05) is 43.9 Å². The molecule has 2 aliphatic heterocycles. The predicted octanol–water partition coefficient (Wildman–Crippen LogP) is 7.75. The molecule has 8 nitrogen and oxygen atoms in total. The highest BCUT2D eigenvalue weighted by Gasteiger charge is 2.56. The first-order valence-corrected chi connectivity index (χ1v) is 16.7. The molecule has 1 amide bonds. The molecule has 0 unspecified atom stereocenters. The standard InChI is InChI=1S/C39H44N4O3.CH4O/c1-8-41-32-21-34-30(19-24(32)3)39(31-20-25(4)33(42-9-2)22-35(31)46-34)28-15-11-10-14-27(28)37(45)43(39)18-17-40-23-26-13-12-16-29(36(26)44)38(5,6)7;1-2/h10-16,19-23,41-42,44H,8-9,17-18H2,1-7H3;2H,1H3. The minimum Gasteiger partial charge on any atom is -0.507 e. The molecule has 0 fully saturated rings. The number of carbonyl (C=O) groups excluding carboxylic acids is 1. The summed E-state index contributed by atoms with van der Waals surface area (Å²) >= 11 is 0. The summed E-state index contributed by atoms with van der Waals surface area (Å²) in [5.41, 5.74) is 8.09. The van der Waals surface area contributed by atoms with Crippen molar-refractivity contribution in [3.05, 3.63) is 111 Å². The smallest absolute Gasteiger partial charge is 0.255 e. The molecule has 0 aromatic heterocycles. The quantitative estimate of drug-likeness (QED) is 0.146. The molecule has 4 N–H and O–H groups in total. The number of nitrogens with zero attached hydrogens (tertiary/aromatic N) is 2. The molecule has 0 atom stereocenters. The fourth-order valence-corrected chi connectivity index (χ4v) is 7.01. The molecule has 8 heteroatoms. The number of rotatable bonds is 8. The van der Waals surface area contributed by atoms with Gasteiger partial charge in [0, 0.05) is 78.7 Å². The Morgan fingerprint density at radius 3 is 2.00 bits per heavy atom. The maximum absolute atomic E-state index is 14.4. The zero-order valence-electron chi connectivity index (χ0n) is 29.4. The first-order valence-electron chi connectivity index (χ1n) is 16.7. The summed E-state index contributed by atoms with van der Waals surface area (Å²) in [5, 5.41) is 24.9. The van der Waals surface area contributed by atoms with Crippen LogP contribution in [0, 0.1) is 13.8 Å². The number of para-hydroxylation sites is 1. The number of aliphatic hydroxyl groups is 1. The number of ether oxygens (including phenoxy) is 1. The molecule has 4 aromatic rings. The summed E-state index contributed by atoms with van der Waals surface area (Å²) in [5.74, 6) is 1.65. The highest BCUT2D eigenvalue weighted by molar-refractivity contribution is 6.02. The summed E-state index contributed by atoms with van der Waals surface area (Å²) in [6.07, 6.45) is 1.72. The first kappa shape index (κ1) is 34.5. The van der Waals surface area contributed by atoms with E-state index >= 15 is 0 Å². The van der Waals surface area contributed by atoms with Crippen LogP contribution in [-0.4, -0.2) is 60.5 Å². The van der Waals surface area contributed by atoms with E-state index < -0.39 is 5.54 Å². The lowest BCUT2D eigenvalue weighted by atomic mass is 9.73. The number of aryl methyl sites for hydroxylation is 2. The number of fused-ring (bicyclic) bond motifs is 6. The average molecular weight is 649 g/mol. The van der Waals surface area contributed by atoms with Crippen LogP contribution >= 0.6 is 0 Å². The Hall–Kier alpha value is -4.82. The molecular formula is C40H48N4O4. The molecule has 0 saturated carbocycles. The fraction of sp³-hybridized carbons (Fsp3) is 0.350. The second-order valence-corrected chi connectivity index (χ2v) is 13.2. The van der Waals surface area contributed by atoms with Gasteiger partial charge in [-0.1, -0.05) is 51.1 Å². The monoisotopic (exact) mass is 648 g/mol. The molecule has 4 aromatic carbocycles. The molecule has 1 spiro atoms. The number of aliphatic hydroxyl groups excluding tert-OH is 1. The van der Waals surface area contributed by atoms with Gasteiger partial charge in [0.15, 0.2) is 0 Å². The van der Waals surface area contributed by atoms with Gasteiger partial charge in [-0.3, -0.25) is 9.79 Å².